The number of hydrogen-bond acceptors (Lipinski definition) is 3. The molecule has 0 aliphatic heterocycles. The van der Waals surface area contributed by atoms with Crippen LogP contribution in [0.2, 0.25) is 0 Å². The largest absolute Gasteiger partial charge is 0.480 e. The van der Waals surface area contributed by atoms with Crippen molar-refractivity contribution in [1.82, 2.24) is 5.32 Å². The molecule has 0 radical (unpaired) electrons. The van der Waals surface area contributed by atoms with Gasteiger partial charge in [0, 0.05) is 5.92 Å². The Balaban J connectivity index is 1.73. The van der Waals surface area contributed by atoms with Crippen LogP contribution in [-0.2, 0) is 9.53 Å². The zero-order chi connectivity index (χ0) is 18.0. The molecule has 0 fully saturated rings. The minimum atomic E-state index is -1.72. The van der Waals surface area contributed by atoms with E-state index in [9.17, 15) is 14.0 Å². The molecule has 2 atom stereocenters. The van der Waals surface area contributed by atoms with Crippen molar-refractivity contribution in [1.29, 1.82) is 0 Å². The third-order valence-corrected chi connectivity index (χ3v) is 4.34. The van der Waals surface area contributed by atoms with E-state index in [2.05, 4.69) is 5.32 Å². The van der Waals surface area contributed by atoms with E-state index in [1.165, 1.54) is 0 Å². The van der Waals surface area contributed by atoms with E-state index in [0.29, 0.717) is 0 Å². The summed E-state index contributed by atoms with van der Waals surface area (Å²) in [4.78, 5) is 22.8. The van der Waals surface area contributed by atoms with Crippen molar-refractivity contribution in [3.8, 4) is 11.1 Å². The number of fused-ring (bicyclic) bond motifs is 3. The fourth-order valence-corrected chi connectivity index (χ4v) is 3.14. The summed E-state index contributed by atoms with van der Waals surface area (Å²) in [5.41, 5.74) is 4.27. The molecule has 25 heavy (non-hydrogen) atoms. The molecule has 5 nitrogen and oxygen atoms in total. The lowest BCUT2D eigenvalue weighted by Crippen LogP contribution is -2.46. The topological polar surface area (TPSA) is 75.6 Å². The van der Waals surface area contributed by atoms with Gasteiger partial charge in [-0.1, -0.05) is 48.5 Å². The highest BCUT2D eigenvalue weighted by Gasteiger charge is 2.30. The lowest BCUT2D eigenvalue weighted by molar-refractivity contribution is -0.140. The molecule has 0 bridgehead atoms. The second kappa shape index (κ2) is 6.93. The van der Waals surface area contributed by atoms with E-state index in [4.69, 9.17) is 9.84 Å². The van der Waals surface area contributed by atoms with Crippen molar-refractivity contribution in [2.75, 3.05) is 6.61 Å². The van der Waals surface area contributed by atoms with Crippen LogP contribution in [0.4, 0.5) is 9.18 Å². The number of halogens is 1. The summed E-state index contributed by atoms with van der Waals surface area (Å²) < 4.78 is 18.5. The number of hydrogen-bond donors (Lipinski definition) is 2. The molecule has 6 heteroatoms. The van der Waals surface area contributed by atoms with E-state index in [0.717, 1.165) is 29.2 Å². The molecule has 0 saturated carbocycles. The Kier molecular flexibility index (Phi) is 4.70. The van der Waals surface area contributed by atoms with Crippen LogP contribution in [0.5, 0.6) is 0 Å². The van der Waals surface area contributed by atoms with Crippen LogP contribution in [0.15, 0.2) is 48.5 Å². The number of amides is 1. The first kappa shape index (κ1) is 17.0. The van der Waals surface area contributed by atoms with Gasteiger partial charge in [0.15, 0.2) is 6.04 Å². The summed E-state index contributed by atoms with van der Waals surface area (Å²) in [5, 5.41) is 11.0. The molecule has 3 rings (SSSR count). The van der Waals surface area contributed by atoms with E-state index >= 15 is 0 Å². The van der Waals surface area contributed by atoms with Gasteiger partial charge in [0.25, 0.3) is 0 Å². The average molecular weight is 343 g/mol. The summed E-state index contributed by atoms with van der Waals surface area (Å²) in [7, 11) is 0. The summed E-state index contributed by atoms with van der Waals surface area (Å²) >= 11 is 0. The molecule has 1 aliphatic rings. The standard InChI is InChI=1S/C19H18FNO4/c1-11(20)17(18(22)23)21-19(24)25-10-16-14-8-4-2-6-12(14)13-7-3-5-9-15(13)16/h2-9,11,16-17H,10H2,1H3,(H,21,24)(H,22,23)/t11-,17+/m0/s1. The van der Waals surface area contributed by atoms with Gasteiger partial charge in [-0.05, 0) is 29.2 Å². The Labute approximate surface area is 144 Å². The number of nitrogens with one attached hydrogen (secondary N) is 1. The van der Waals surface area contributed by atoms with Crippen molar-refractivity contribution in [3.05, 3.63) is 59.7 Å². The molecule has 2 aromatic carbocycles. The summed E-state index contributed by atoms with van der Waals surface area (Å²) in [5.74, 6) is -1.58. The Hall–Kier alpha value is -2.89. The van der Waals surface area contributed by atoms with Crippen molar-refractivity contribution >= 4 is 12.1 Å². The summed E-state index contributed by atoms with van der Waals surface area (Å²) in [6.07, 6.45) is -2.67. The minimum Gasteiger partial charge on any atom is -0.480 e. The second-order valence-electron chi connectivity index (χ2n) is 5.96. The average Bonchev–Trinajstić information content (AvgIpc) is 2.91. The van der Waals surface area contributed by atoms with Gasteiger partial charge >= 0.3 is 12.1 Å². The predicted octanol–water partition coefficient (Wildman–Crippen LogP) is 3.34. The number of benzene rings is 2. The first-order chi connectivity index (χ1) is 12.0. The van der Waals surface area contributed by atoms with Gasteiger partial charge in [0.05, 0.1) is 0 Å². The fraction of sp³-hybridized carbons (Fsp3) is 0.263. The lowest BCUT2D eigenvalue weighted by atomic mass is 9.98. The van der Waals surface area contributed by atoms with Crippen LogP contribution in [0.3, 0.4) is 0 Å². The first-order valence-electron chi connectivity index (χ1n) is 7.97. The van der Waals surface area contributed by atoms with E-state index < -0.39 is 24.3 Å². The molecule has 130 valence electrons. The molecular formula is C19H18FNO4. The quantitative estimate of drug-likeness (QED) is 0.873. The van der Waals surface area contributed by atoms with Crippen LogP contribution in [0, 0.1) is 0 Å². The van der Waals surface area contributed by atoms with Crippen LogP contribution < -0.4 is 5.32 Å². The molecule has 0 aromatic heterocycles. The monoisotopic (exact) mass is 343 g/mol. The Morgan fingerprint density at radius 1 is 1.12 bits per heavy atom. The number of rotatable bonds is 5. The highest BCUT2D eigenvalue weighted by molar-refractivity contribution is 5.81. The third kappa shape index (κ3) is 3.33. The first-order valence-corrected chi connectivity index (χ1v) is 7.97. The van der Waals surface area contributed by atoms with Crippen molar-refractivity contribution in [2.45, 2.75) is 25.1 Å². The molecule has 1 aliphatic carbocycles. The molecule has 0 saturated heterocycles. The maximum Gasteiger partial charge on any atom is 0.407 e. The molecule has 2 N–H and O–H groups in total. The van der Waals surface area contributed by atoms with E-state index in [1.807, 2.05) is 48.5 Å². The minimum absolute atomic E-state index is 0.0485. The molecule has 0 unspecified atom stereocenters. The van der Waals surface area contributed by atoms with Gasteiger partial charge < -0.3 is 15.2 Å². The smallest absolute Gasteiger partial charge is 0.407 e. The molecule has 0 spiro atoms. The fourth-order valence-electron chi connectivity index (χ4n) is 3.14. The number of alkyl carbamates (subject to hydrolysis) is 1. The lowest BCUT2D eigenvalue weighted by Gasteiger charge is -2.18. The van der Waals surface area contributed by atoms with Gasteiger partial charge in [-0.15, -0.1) is 0 Å². The van der Waals surface area contributed by atoms with Crippen molar-refractivity contribution in [3.63, 3.8) is 0 Å². The van der Waals surface area contributed by atoms with Gasteiger partial charge in [-0.25, -0.2) is 14.0 Å². The van der Waals surface area contributed by atoms with Crippen LogP contribution in [-0.4, -0.2) is 36.0 Å². The Morgan fingerprint density at radius 2 is 1.64 bits per heavy atom. The normalized spacial score (nSPS) is 15.0. The van der Waals surface area contributed by atoms with Gasteiger partial charge in [-0.2, -0.15) is 0 Å². The number of aliphatic carboxylic acids is 1. The molecule has 0 heterocycles. The van der Waals surface area contributed by atoms with Crippen molar-refractivity contribution < 1.29 is 23.8 Å². The van der Waals surface area contributed by atoms with Gasteiger partial charge in [-0.3, -0.25) is 0 Å². The zero-order valence-electron chi connectivity index (χ0n) is 13.6. The van der Waals surface area contributed by atoms with Crippen molar-refractivity contribution in [2.24, 2.45) is 0 Å². The number of carboxylic acids is 1. The molecule has 2 aromatic rings. The van der Waals surface area contributed by atoms with Gasteiger partial charge in [0.2, 0.25) is 0 Å². The molecule has 1 amide bonds. The van der Waals surface area contributed by atoms with E-state index in [-0.39, 0.29) is 12.5 Å². The maximum absolute atomic E-state index is 13.3. The summed E-state index contributed by atoms with van der Waals surface area (Å²) in [6, 6.07) is 14.1. The maximum atomic E-state index is 13.3. The number of ether oxygens (including phenoxy) is 1. The van der Waals surface area contributed by atoms with Crippen LogP contribution in [0.1, 0.15) is 24.0 Å². The van der Waals surface area contributed by atoms with Gasteiger partial charge in [0.1, 0.15) is 12.8 Å². The summed E-state index contributed by atoms with van der Waals surface area (Å²) in [6.45, 7) is 1.12. The van der Waals surface area contributed by atoms with E-state index in [1.54, 1.807) is 0 Å². The Morgan fingerprint density at radius 3 is 2.12 bits per heavy atom. The second-order valence-corrected chi connectivity index (χ2v) is 5.96. The SMILES string of the molecule is C[C@H](F)[C@@H](NC(=O)OCC1c2ccccc2-c2ccccc21)C(=O)O. The zero-order valence-corrected chi connectivity index (χ0v) is 13.6. The number of carboxylic acid groups (broad SMARTS) is 1. The number of alkyl halides is 1. The Bertz CT molecular complexity index is 760. The highest BCUT2D eigenvalue weighted by atomic mass is 19.1. The third-order valence-electron chi connectivity index (χ3n) is 4.34. The number of carbonyl (C=O) groups excluding carboxylic acids is 1. The van der Waals surface area contributed by atoms with Crippen LogP contribution >= 0.6 is 0 Å². The predicted molar refractivity (Wildman–Crippen MR) is 90.2 cm³/mol. The molecular weight excluding hydrogens is 325 g/mol. The highest BCUT2D eigenvalue weighted by Crippen LogP contribution is 2.44. The number of carbonyl (C=O) groups is 2. The van der Waals surface area contributed by atoms with Crippen LogP contribution in [0.25, 0.3) is 11.1 Å².